The second kappa shape index (κ2) is 5.30. The predicted octanol–water partition coefficient (Wildman–Crippen LogP) is 1.27. The topological polar surface area (TPSA) is 67.7 Å². The van der Waals surface area contributed by atoms with Crippen molar-refractivity contribution in [1.29, 1.82) is 0 Å². The molecule has 0 aromatic carbocycles. The first-order valence-electron chi connectivity index (χ1n) is 7.71. The number of hydrogen-bond acceptors (Lipinski definition) is 4. The summed E-state index contributed by atoms with van der Waals surface area (Å²) < 4.78 is 7.35. The van der Waals surface area contributed by atoms with Crippen LogP contribution in [0, 0.1) is 6.92 Å². The molecule has 1 aromatic heterocycles. The lowest BCUT2D eigenvalue weighted by molar-refractivity contribution is 0.0552. The second-order valence-corrected chi connectivity index (χ2v) is 6.25. The van der Waals surface area contributed by atoms with Gasteiger partial charge in [-0.3, -0.25) is 9.48 Å². The van der Waals surface area contributed by atoms with E-state index < -0.39 is 5.60 Å². The van der Waals surface area contributed by atoms with Crippen LogP contribution in [0.25, 0.3) is 0 Å². The number of ether oxygens (including phenoxy) is 1. The maximum absolute atomic E-state index is 12.7. The van der Waals surface area contributed by atoms with Gasteiger partial charge >= 0.3 is 6.09 Å². The van der Waals surface area contributed by atoms with Crippen molar-refractivity contribution in [3.8, 4) is 0 Å². The average molecular weight is 306 g/mol. The molecule has 1 atom stereocenters. The number of aromatic nitrogens is 2. The molecule has 0 aliphatic carbocycles. The fourth-order valence-electron chi connectivity index (χ4n) is 3.29. The molecule has 0 N–H and O–H groups in total. The summed E-state index contributed by atoms with van der Waals surface area (Å²) in [7, 11) is 1.72. The number of hydrogen-bond donors (Lipinski definition) is 0. The van der Waals surface area contributed by atoms with Gasteiger partial charge in [0.05, 0.1) is 24.8 Å². The summed E-state index contributed by atoms with van der Waals surface area (Å²) in [5, 5.41) is 4.29. The van der Waals surface area contributed by atoms with Gasteiger partial charge in [-0.2, -0.15) is 5.10 Å². The van der Waals surface area contributed by atoms with Crippen LogP contribution in [0.3, 0.4) is 0 Å². The first kappa shape index (κ1) is 14.9. The summed E-state index contributed by atoms with van der Waals surface area (Å²) in [5.41, 5.74) is 1.01. The molecule has 1 aromatic rings. The molecule has 7 nitrogen and oxygen atoms in total. The number of carbonyl (C=O) groups is 2. The van der Waals surface area contributed by atoms with Crippen LogP contribution in [0.2, 0.25) is 0 Å². The Morgan fingerprint density at radius 1 is 1.45 bits per heavy atom. The van der Waals surface area contributed by atoms with Crippen LogP contribution in [-0.4, -0.2) is 63.9 Å². The number of likely N-dealkylation sites (N-methyl/N-ethyl adjacent to an activating group) is 1. The van der Waals surface area contributed by atoms with Crippen LogP contribution in [0.4, 0.5) is 4.79 Å². The van der Waals surface area contributed by atoms with Crippen molar-refractivity contribution in [1.82, 2.24) is 19.6 Å². The van der Waals surface area contributed by atoms with Gasteiger partial charge in [0, 0.05) is 32.3 Å². The van der Waals surface area contributed by atoms with Crippen LogP contribution >= 0.6 is 0 Å². The lowest BCUT2D eigenvalue weighted by atomic mass is 10.0. The van der Waals surface area contributed by atoms with Gasteiger partial charge in [0.25, 0.3) is 5.91 Å². The van der Waals surface area contributed by atoms with Crippen molar-refractivity contribution in [3.63, 3.8) is 0 Å². The zero-order valence-electron chi connectivity index (χ0n) is 13.3. The Kier molecular flexibility index (Phi) is 3.58. The third kappa shape index (κ3) is 2.34. The SMILES string of the molecule is CCCn1ncc(C(=O)N2CCC3(CN(C)C(=O)O3)C2)c1C. The maximum Gasteiger partial charge on any atom is 0.410 e. The zero-order chi connectivity index (χ0) is 15.9. The van der Waals surface area contributed by atoms with E-state index in [1.165, 1.54) is 0 Å². The van der Waals surface area contributed by atoms with Crippen molar-refractivity contribution >= 4 is 12.0 Å². The summed E-state index contributed by atoms with van der Waals surface area (Å²) in [6, 6.07) is 0. The van der Waals surface area contributed by atoms with E-state index in [0.29, 0.717) is 31.6 Å². The van der Waals surface area contributed by atoms with Gasteiger partial charge in [-0.05, 0) is 13.3 Å². The van der Waals surface area contributed by atoms with Crippen molar-refractivity contribution in [2.24, 2.45) is 0 Å². The maximum atomic E-state index is 12.7. The van der Waals surface area contributed by atoms with Gasteiger partial charge in [-0.1, -0.05) is 6.92 Å². The smallest absolute Gasteiger partial charge is 0.410 e. The molecule has 2 amide bonds. The largest absolute Gasteiger partial charge is 0.439 e. The third-order valence-corrected chi connectivity index (χ3v) is 4.51. The average Bonchev–Trinajstić information content (AvgIpc) is 3.12. The second-order valence-electron chi connectivity index (χ2n) is 6.25. The number of aryl methyl sites for hydroxylation is 1. The fraction of sp³-hybridized carbons (Fsp3) is 0.667. The van der Waals surface area contributed by atoms with Crippen LogP contribution in [-0.2, 0) is 11.3 Å². The van der Waals surface area contributed by atoms with Gasteiger partial charge in [0.2, 0.25) is 0 Å². The molecular weight excluding hydrogens is 284 g/mol. The summed E-state index contributed by atoms with van der Waals surface area (Å²) >= 11 is 0. The molecule has 0 bridgehead atoms. The number of carbonyl (C=O) groups excluding carboxylic acids is 2. The Morgan fingerprint density at radius 3 is 2.86 bits per heavy atom. The predicted molar refractivity (Wildman–Crippen MR) is 79.6 cm³/mol. The Hall–Kier alpha value is -2.05. The highest BCUT2D eigenvalue weighted by Gasteiger charge is 2.49. The van der Waals surface area contributed by atoms with Gasteiger partial charge < -0.3 is 14.5 Å². The van der Waals surface area contributed by atoms with E-state index in [2.05, 4.69) is 12.0 Å². The lowest BCUT2D eigenvalue weighted by Crippen LogP contribution is -2.39. The van der Waals surface area contributed by atoms with Crippen molar-refractivity contribution < 1.29 is 14.3 Å². The Balaban J connectivity index is 1.73. The fourth-order valence-corrected chi connectivity index (χ4v) is 3.29. The minimum absolute atomic E-state index is 0.0256. The molecule has 2 aliphatic heterocycles. The molecule has 1 unspecified atom stereocenters. The van der Waals surface area contributed by atoms with Gasteiger partial charge in [0.15, 0.2) is 5.60 Å². The summed E-state index contributed by atoms with van der Waals surface area (Å²) in [4.78, 5) is 27.6. The highest BCUT2D eigenvalue weighted by Crippen LogP contribution is 2.32. The van der Waals surface area contributed by atoms with E-state index in [9.17, 15) is 9.59 Å². The molecule has 0 radical (unpaired) electrons. The van der Waals surface area contributed by atoms with Gasteiger partial charge in [-0.15, -0.1) is 0 Å². The Morgan fingerprint density at radius 2 is 2.23 bits per heavy atom. The van der Waals surface area contributed by atoms with Gasteiger partial charge in [0.1, 0.15) is 0 Å². The Bertz CT molecular complexity index is 612. The standard InChI is InChI=1S/C15H22N4O3/c1-4-6-19-11(2)12(8-16-19)13(20)18-7-5-15(10-18)9-17(3)14(21)22-15/h8H,4-7,9-10H2,1-3H3. The normalized spacial score (nSPS) is 24.4. The van der Waals surface area contributed by atoms with E-state index in [4.69, 9.17) is 4.74 Å². The number of likely N-dealkylation sites (tertiary alicyclic amines) is 1. The van der Waals surface area contributed by atoms with E-state index in [-0.39, 0.29) is 12.0 Å². The molecule has 7 heteroatoms. The van der Waals surface area contributed by atoms with Crippen molar-refractivity contribution in [2.75, 3.05) is 26.7 Å². The lowest BCUT2D eigenvalue weighted by Gasteiger charge is -2.21. The van der Waals surface area contributed by atoms with Crippen LogP contribution < -0.4 is 0 Å². The van der Waals surface area contributed by atoms with Crippen molar-refractivity contribution in [2.45, 2.75) is 38.8 Å². The van der Waals surface area contributed by atoms with Crippen molar-refractivity contribution in [3.05, 3.63) is 17.5 Å². The molecule has 120 valence electrons. The number of amides is 2. The quantitative estimate of drug-likeness (QED) is 0.843. The zero-order valence-corrected chi connectivity index (χ0v) is 13.3. The monoisotopic (exact) mass is 306 g/mol. The first-order chi connectivity index (χ1) is 10.5. The molecule has 1 spiro atoms. The molecule has 3 rings (SSSR count). The van der Waals surface area contributed by atoms with E-state index in [0.717, 1.165) is 18.7 Å². The van der Waals surface area contributed by atoms with E-state index in [1.807, 2.05) is 11.6 Å². The number of nitrogens with zero attached hydrogens (tertiary/aromatic N) is 4. The molecule has 2 fully saturated rings. The number of rotatable bonds is 3. The summed E-state index contributed by atoms with van der Waals surface area (Å²) in [6.07, 6.45) is 3.01. The molecule has 2 aliphatic rings. The van der Waals surface area contributed by atoms with Crippen LogP contribution in [0.5, 0.6) is 0 Å². The summed E-state index contributed by atoms with van der Waals surface area (Å²) in [6.45, 7) is 6.43. The minimum Gasteiger partial charge on any atom is -0.439 e. The van der Waals surface area contributed by atoms with E-state index in [1.54, 1.807) is 23.0 Å². The van der Waals surface area contributed by atoms with Crippen LogP contribution in [0.15, 0.2) is 6.20 Å². The minimum atomic E-state index is -0.533. The molecule has 2 saturated heterocycles. The van der Waals surface area contributed by atoms with Gasteiger partial charge in [-0.25, -0.2) is 4.79 Å². The highest BCUT2D eigenvalue weighted by atomic mass is 16.6. The molecule has 22 heavy (non-hydrogen) atoms. The molecule has 0 saturated carbocycles. The Labute approximate surface area is 129 Å². The first-order valence-corrected chi connectivity index (χ1v) is 7.71. The molecule has 3 heterocycles. The van der Waals surface area contributed by atoms with E-state index >= 15 is 0 Å². The summed E-state index contributed by atoms with van der Waals surface area (Å²) in [5.74, 6) is -0.0256. The third-order valence-electron chi connectivity index (χ3n) is 4.51. The molecular formula is C15H22N4O3. The van der Waals surface area contributed by atoms with Crippen LogP contribution in [0.1, 0.15) is 35.8 Å². The highest BCUT2D eigenvalue weighted by molar-refractivity contribution is 5.95.